The van der Waals surface area contributed by atoms with Crippen LogP contribution in [-0.4, -0.2) is 59.2 Å². The Hall–Kier alpha value is -1.89. The van der Waals surface area contributed by atoms with Crippen molar-refractivity contribution < 1.29 is 14.4 Å². The first kappa shape index (κ1) is 13.1. The standard InChI is InChI=1S/C13H15N3O3S/c1-8-12(18)16-5-4-15(7-9(16)11(17)14-8)13(19)10-3-2-6-20-10/h2-3,6,8-9H,4-5,7H2,1H3,(H,14,17). The Bertz CT molecular complexity index is 557. The van der Waals surface area contributed by atoms with E-state index in [-0.39, 0.29) is 24.3 Å². The van der Waals surface area contributed by atoms with Crippen molar-refractivity contribution in [1.82, 2.24) is 15.1 Å². The summed E-state index contributed by atoms with van der Waals surface area (Å²) in [6.07, 6.45) is 0. The zero-order valence-corrected chi connectivity index (χ0v) is 11.9. The Morgan fingerprint density at radius 1 is 1.40 bits per heavy atom. The molecule has 2 unspecified atom stereocenters. The Morgan fingerprint density at radius 2 is 2.20 bits per heavy atom. The van der Waals surface area contributed by atoms with Crippen molar-refractivity contribution in [2.45, 2.75) is 19.0 Å². The highest BCUT2D eigenvalue weighted by atomic mass is 32.1. The third-order valence-electron chi connectivity index (χ3n) is 3.71. The number of thiophene rings is 1. The topological polar surface area (TPSA) is 69.7 Å². The van der Waals surface area contributed by atoms with Crippen LogP contribution < -0.4 is 5.32 Å². The van der Waals surface area contributed by atoms with Crippen LogP contribution >= 0.6 is 11.3 Å². The number of hydrogen-bond acceptors (Lipinski definition) is 4. The molecular formula is C13H15N3O3S. The molecule has 3 heterocycles. The van der Waals surface area contributed by atoms with Crippen molar-refractivity contribution in [2.24, 2.45) is 0 Å². The molecule has 106 valence electrons. The molecule has 0 aromatic carbocycles. The van der Waals surface area contributed by atoms with E-state index >= 15 is 0 Å². The number of rotatable bonds is 1. The summed E-state index contributed by atoms with van der Waals surface area (Å²) < 4.78 is 0. The molecule has 3 amide bonds. The molecule has 1 N–H and O–H groups in total. The molecule has 20 heavy (non-hydrogen) atoms. The van der Waals surface area contributed by atoms with Gasteiger partial charge in [0, 0.05) is 13.1 Å². The van der Waals surface area contributed by atoms with Crippen LogP contribution in [0, 0.1) is 0 Å². The number of amides is 3. The van der Waals surface area contributed by atoms with E-state index in [1.54, 1.807) is 22.8 Å². The van der Waals surface area contributed by atoms with Gasteiger partial charge in [0.25, 0.3) is 5.91 Å². The van der Waals surface area contributed by atoms with Crippen molar-refractivity contribution in [3.05, 3.63) is 22.4 Å². The third kappa shape index (κ3) is 2.07. The van der Waals surface area contributed by atoms with Gasteiger partial charge in [-0.3, -0.25) is 14.4 Å². The van der Waals surface area contributed by atoms with Crippen LogP contribution in [0.1, 0.15) is 16.6 Å². The molecule has 0 spiro atoms. The van der Waals surface area contributed by atoms with Crippen LogP contribution in [0.2, 0.25) is 0 Å². The van der Waals surface area contributed by atoms with Gasteiger partial charge in [-0.25, -0.2) is 0 Å². The number of nitrogens with zero attached hydrogens (tertiary/aromatic N) is 2. The predicted molar refractivity (Wildman–Crippen MR) is 73.3 cm³/mol. The summed E-state index contributed by atoms with van der Waals surface area (Å²) in [6.45, 7) is 2.83. The van der Waals surface area contributed by atoms with Crippen molar-refractivity contribution in [3.8, 4) is 0 Å². The summed E-state index contributed by atoms with van der Waals surface area (Å²) in [6, 6.07) is 2.56. The molecule has 2 aliphatic heterocycles. The van der Waals surface area contributed by atoms with E-state index in [9.17, 15) is 14.4 Å². The molecule has 2 fully saturated rings. The van der Waals surface area contributed by atoms with Gasteiger partial charge in [0.2, 0.25) is 11.8 Å². The first-order valence-electron chi connectivity index (χ1n) is 6.51. The van der Waals surface area contributed by atoms with E-state index in [1.807, 2.05) is 11.4 Å². The van der Waals surface area contributed by atoms with Crippen LogP contribution in [0.3, 0.4) is 0 Å². The molecular weight excluding hydrogens is 278 g/mol. The molecule has 6 nitrogen and oxygen atoms in total. The maximum Gasteiger partial charge on any atom is 0.264 e. The average Bonchev–Trinajstić information content (AvgIpc) is 2.98. The summed E-state index contributed by atoms with van der Waals surface area (Å²) in [4.78, 5) is 40.2. The van der Waals surface area contributed by atoms with E-state index < -0.39 is 12.1 Å². The Balaban J connectivity index is 1.76. The minimum atomic E-state index is -0.559. The van der Waals surface area contributed by atoms with Crippen LogP contribution in [-0.2, 0) is 9.59 Å². The number of nitrogens with one attached hydrogen (secondary N) is 1. The Labute approximate surface area is 120 Å². The quantitative estimate of drug-likeness (QED) is 0.787. The first-order chi connectivity index (χ1) is 9.58. The molecule has 1 aromatic rings. The predicted octanol–water partition coefficient (Wildman–Crippen LogP) is -0.0806. The average molecular weight is 293 g/mol. The molecule has 2 aliphatic rings. The van der Waals surface area contributed by atoms with E-state index in [2.05, 4.69) is 5.32 Å². The molecule has 3 rings (SSSR count). The fourth-order valence-electron chi connectivity index (χ4n) is 2.63. The molecule has 1 aromatic heterocycles. The molecule has 2 saturated heterocycles. The van der Waals surface area contributed by atoms with E-state index in [1.165, 1.54) is 11.3 Å². The van der Waals surface area contributed by atoms with Gasteiger partial charge < -0.3 is 15.1 Å². The number of carbonyl (C=O) groups excluding carboxylic acids is 3. The molecule has 0 bridgehead atoms. The van der Waals surface area contributed by atoms with Gasteiger partial charge in [-0.1, -0.05) is 6.07 Å². The Kier molecular flexibility index (Phi) is 3.21. The largest absolute Gasteiger partial charge is 0.343 e. The van der Waals surface area contributed by atoms with Gasteiger partial charge in [-0.05, 0) is 18.4 Å². The van der Waals surface area contributed by atoms with Crippen molar-refractivity contribution in [1.29, 1.82) is 0 Å². The lowest BCUT2D eigenvalue weighted by Gasteiger charge is -2.44. The van der Waals surface area contributed by atoms with Crippen LogP contribution in [0.15, 0.2) is 17.5 Å². The molecule has 0 saturated carbocycles. The maximum atomic E-state index is 12.3. The number of hydrogen-bond donors (Lipinski definition) is 1. The monoisotopic (exact) mass is 293 g/mol. The van der Waals surface area contributed by atoms with E-state index in [0.717, 1.165) is 0 Å². The summed E-state index contributed by atoms with van der Waals surface area (Å²) in [5, 5.41) is 4.51. The smallest absolute Gasteiger partial charge is 0.264 e. The second-order valence-electron chi connectivity index (χ2n) is 5.01. The van der Waals surface area contributed by atoms with Crippen LogP contribution in [0.25, 0.3) is 0 Å². The summed E-state index contributed by atoms with van der Waals surface area (Å²) >= 11 is 1.38. The highest BCUT2D eigenvalue weighted by molar-refractivity contribution is 7.12. The fraction of sp³-hybridized carbons (Fsp3) is 0.462. The van der Waals surface area contributed by atoms with Crippen LogP contribution in [0.5, 0.6) is 0 Å². The summed E-state index contributed by atoms with van der Waals surface area (Å²) in [5.41, 5.74) is 0. The normalized spacial score (nSPS) is 26.2. The summed E-state index contributed by atoms with van der Waals surface area (Å²) in [7, 11) is 0. The highest BCUT2D eigenvalue weighted by Crippen LogP contribution is 2.19. The van der Waals surface area contributed by atoms with Crippen molar-refractivity contribution >= 4 is 29.1 Å². The lowest BCUT2D eigenvalue weighted by Crippen LogP contribution is -2.69. The van der Waals surface area contributed by atoms with Gasteiger partial charge in [0.15, 0.2) is 0 Å². The second kappa shape index (κ2) is 4.90. The first-order valence-corrected chi connectivity index (χ1v) is 7.39. The lowest BCUT2D eigenvalue weighted by atomic mass is 10.0. The molecule has 0 aliphatic carbocycles. The summed E-state index contributed by atoms with van der Waals surface area (Å²) in [5.74, 6) is -0.322. The van der Waals surface area contributed by atoms with Gasteiger partial charge >= 0.3 is 0 Å². The van der Waals surface area contributed by atoms with Gasteiger partial charge in [-0.2, -0.15) is 0 Å². The number of carbonyl (C=O) groups is 3. The lowest BCUT2D eigenvalue weighted by molar-refractivity contribution is -0.151. The second-order valence-corrected chi connectivity index (χ2v) is 5.95. The maximum absolute atomic E-state index is 12.3. The number of fused-ring (bicyclic) bond motifs is 1. The number of piperazine rings is 2. The zero-order valence-electron chi connectivity index (χ0n) is 11.0. The molecule has 0 radical (unpaired) electrons. The minimum absolute atomic E-state index is 0.0708. The molecule has 7 heteroatoms. The molecule has 2 atom stereocenters. The Morgan fingerprint density at radius 3 is 2.90 bits per heavy atom. The van der Waals surface area contributed by atoms with Gasteiger partial charge in [0.1, 0.15) is 12.1 Å². The van der Waals surface area contributed by atoms with Gasteiger partial charge in [0.05, 0.1) is 11.4 Å². The SMILES string of the molecule is CC1NC(=O)C2CN(C(=O)c3cccs3)CCN2C1=O. The van der Waals surface area contributed by atoms with E-state index in [0.29, 0.717) is 18.0 Å². The minimum Gasteiger partial charge on any atom is -0.343 e. The zero-order chi connectivity index (χ0) is 14.3. The third-order valence-corrected chi connectivity index (χ3v) is 4.57. The highest BCUT2D eigenvalue weighted by Gasteiger charge is 2.42. The van der Waals surface area contributed by atoms with E-state index in [4.69, 9.17) is 0 Å². The van der Waals surface area contributed by atoms with Crippen LogP contribution in [0.4, 0.5) is 0 Å². The van der Waals surface area contributed by atoms with Crippen molar-refractivity contribution in [3.63, 3.8) is 0 Å². The van der Waals surface area contributed by atoms with Crippen molar-refractivity contribution in [2.75, 3.05) is 19.6 Å². The van der Waals surface area contributed by atoms with Gasteiger partial charge in [-0.15, -0.1) is 11.3 Å². The fourth-order valence-corrected chi connectivity index (χ4v) is 3.32.